The first kappa shape index (κ1) is 16.8. The summed E-state index contributed by atoms with van der Waals surface area (Å²) in [4.78, 5) is 17.3. The van der Waals surface area contributed by atoms with Crippen molar-refractivity contribution in [3.63, 3.8) is 0 Å². The normalized spacial score (nSPS) is 11.3. The smallest absolute Gasteiger partial charge is 0.272 e. The summed E-state index contributed by atoms with van der Waals surface area (Å²) >= 11 is 3.33. The lowest BCUT2D eigenvalue weighted by atomic mass is 10.2. The number of carbonyl (C=O) groups excluding carboxylic acids is 1. The Kier molecular flexibility index (Phi) is 4.48. The van der Waals surface area contributed by atoms with Crippen LogP contribution in [0.25, 0.3) is 22.0 Å². The first-order valence-corrected chi connectivity index (χ1v) is 8.89. The van der Waals surface area contributed by atoms with Gasteiger partial charge in [-0.3, -0.25) is 9.78 Å². The molecule has 0 aliphatic rings. The Hall–Kier alpha value is -2.64. The van der Waals surface area contributed by atoms with E-state index in [-0.39, 0.29) is 5.91 Å². The number of hydrogen-bond donors (Lipinski definition) is 1. The molecular formula is C19H16BrN3O3. The van der Waals surface area contributed by atoms with E-state index in [4.69, 9.17) is 9.15 Å². The van der Waals surface area contributed by atoms with Crippen molar-refractivity contribution in [2.75, 3.05) is 19.0 Å². The second-order valence-electron chi connectivity index (χ2n) is 5.81. The van der Waals surface area contributed by atoms with E-state index in [9.17, 15) is 4.79 Å². The highest BCUT2D eigenvalue weighted by Crippen LogP contribution is 2.28. The summed E-state index contributed by atoms with van der Waals surface area (Å²) in [5, 5.41) is 3.94. The van der Waals surface area contributed by atoms with Gasteiger partial charge in [-0.25, -0.2) is 0 Å². The number of fused-ring (bicyclic) bond motifs is 2. The molecule has 0 radical (unpaired) electrons. The van der Waals surface area contributed by atoms with Crippen LogP contribution in [0, 0.1) is 0 Å². The van der Waals surface area contributed by atoms with Crippen molar-refractivity contribution in [3.8, 4) is 0 Å². The van der Waals surface area contributed by atoms with Crippen LogP contribution in [-0.4, -0.2) is 29.2 Å². The van der Waals surface area contributed by atoms with Gasteiger partial charge in [0.05, 0.1) is 23.3 Å². The second-order valence-corrected chi connectivity index (χ2v) is 6.59. The van der Waals surface area contributed by atoms with Crippen LogP contribution < -0.4 is 5.32 Å². The number of ether oxygens (including phenoxy) is 1. The number of anilines is 1. The molecule has 132 valence electrons. The van der Waals surface area contributed by atoms with Gasteiger partial charge in [0.2, 0.25) is 0 Å². The Labute approximate surface area is 157 Å². The highest BCUT2D eigenvalue weighted by atomic mass is 79.9. The van der Waals surface area contributed by atoms with Crippen LogP contribution in [0.5, 0.6) is 0 Å². The zero-order chi connectivity index (χ0) is 18.1. The van der Waals surface area contributed by atoms with E-state index in [1.165, 1.54) is 0 Å². The largest absolute Gasteiger partial charge is 0.448 e. The Bertz CT molecular complexity index is 1090. The molecule has 1 amide bonds. The molecule has 7 heteroatoms. The van der Waals surface area contributed by atoms with Gasteiger partial charge >= 0.3 is 0 Å². The summed E-state index contributed by atoms with van der Waals surface area (Å²) in [7, 11) is 1.63. The van der Waals surface area contributed by atoms with E-state index >= 15 is 0 Å². The van der Waals surface area contributed by atoms with Crippen molar-refractivity contribution >= 4 is 49.5 Å². The number of furan rings is 1. The lowest BCUT2D eigenvalue weighted by Crippen LogP contribution is -2.18. The third kappa shape index (κ3) is 3.00. The summed E-state index contributed by atoms with van der Waals surface area (Å²) in [5.74, 6) is -0.221. The van der Waals surface area contributed by atoms with Gasteiger partial charge < -0.3 is 19.0 Å². The Morgan fingerprint density at radius 2 is 2.15 bits per heavy atom. The maximum Gasteiger partial charge on any atom is 0.272 e. The zero-order valence-corrected chi connectivity index (χ0v) is 15.6. The lowest BCUT2D eigenvalue weighted by Gasteiger charge is -2.11. The standard InChI is InChI=1S/C19H16BrN3O3/c1-25-9-8-23-14-11-17(20)26-16(14)10-15(23)19(24)22-13-6-2-4-12-5-3-7-21-18(12)13/h2-7,10-11H,8-9H2,1H3,(H,22,24). The highest BCUT2D eigenvalue weighted by molar-refractivity contribution is 9.10. The molecule has 0 saturated heterocycles. The topological polar surface area (TPSA) is 69.3 Å². The van der Waals surface area contributed by atoms with E-state index in [0.717, 1.165) is 16.4 Å². The summed E-state index contributed by atoms with van der Waals surface area (Å²) in [5.41, 5.74) is 3.43. The molecule has 0 fully saturated rings. The average molecular weight is 414 g/mol. The quantitative estimate of drug-likeness (QED) is 0.524. The van der Waals surface area contributed by atoms with Crippen molar-refractivity contribution in [2.24, 2.45) is 0 Å². The molecule has 0 bridgehead atoms. The maximum absolute atomic E-state index is 12.9. The van der Waals surface area contributed by atoms with Crippen molar-refractivity contribution in [1.29, 1.82) is 0 Å². The van der Waals surface area contributed by atoms with Gasteiger partial charge in [0.25, 0.3) is 5.91 Å². The molecular weight excluding hydrogens is 398 g/mol. The molecule has 4 aromatic rings. The first-order valence-electron chi connectivity index (χ1n) is 8.10. The third-order valence-corrected chi connectivity index (χ3v) is 4.58. The number of aromatic nitrogens is 2. The molecule has 3 heterocycles. The Morgan fingerprint density at radius 1 is 1.31 bits per heavy atom. The van der Waals surface area contributed by atoms with Gasteiger partial charge in [0, 0.05) is 37.4 Å². The summed E-state index contributed by atoms with van der Waals surface area (Å²) in [6, 6.07) is 13.1. The van der Waals surface area contributed by atoms with Gasteiger partial charge in [-0.15, -0.1) is 0 Å². The second kappa shape index (κ2) is 6.93. The minimum absolute atomic E-state index is 0.221. The van der Waals surface area contributed by atoms with Crippen molar-refractivity contribution in [3.05, 3.63) is 59.0 Å². The third-order valence-electron chi connectivity index (χ3n) is 4.19. The molecule has 6 nitrogen and oxygen atoms in total. The van der Waals surface area contributed by atoms with E-state index in [0.29, 0.717) is 34.8 Å². The molecule has 1 aromatic carbocycles. The number of nitrogens with one attached hydrogen (secondary N) is 1. The number of para-hydroxylation sites is 1. The van der Waals surface area contributed by atoms with Crippen LogP contribution in [-0.2, 0) is 11.3 Å². The fraction of sp³-hybridized carbons (Fsp3) is 0.158. The lowest BCUT2D eigenvalue weighted by molar-refractivity contribution is 0.101. The van der Waals surface area contributed by atoms with E-state index < -0.39 is 0 Å². The van der Waals surface area contributed by atoms with Crippen molar-refractivity contribution in [1.82, 2.24) is 9.55 Å². The summed E-state index contributed by atoms with van der Waals surface area (Å²) < 4.78 is 13.3. The van der Waals surface area contributed by atoms with Crippen LogP contribution in [0.3, 0.4) is 0 Å². The van der Waals surface area contributed by atoms with E-state index in [1.807, 2.05) is 41.0 Å². The number of hydrogen-bond acceptors (Lipinski definition) is 4. The summed E-state index contributed by atoms with van der Waals surface area (Å²) in [6.07, 6.45) is 1.71. The number of nitrogens with zero attached hydrogens (tertiary/aromatic N) is 2. The van der Waals surface area contributed by atoms with Gasteiger partial charge in [0.1, 0.15) is 5.69 Å². The number of carbonyl (C=O) groups is 1. The Balaban J connectivity index is 1.72. The van der Waals surface area contributed by atoms with Crippen molar-refractivity contribution in [2.45, 2.75) is 6.54 Å². The SMILES string of the molecule is COCCn1c(C(=O)Nc2cccc3cccnc23)cc2oc(Br)cc21. The van der Waals surface area contributed by atoms with Crippen LogP contribution in [0.15, 0.2) is 57.7 Å². The van der Waals surface area contributed by atoms with Gasteiger partial charge in [-0.05, 0) is 28.1 Å². The molecule has 1 N–H and O–H groups in total. The molecule has 4 rings (SSSR count). The molecule has 0 saturated carbocycles. The van der Waals surface area contributed by atoms with Crippen LogP contribution in [0.2, 0.25) is 0 Å². The van der Waals surface area contributed by atoms with E-state index in [1.54, 1.807) is 19.4 Å². The zero-order valence-electron chi connectivity index (χ0n) is 14.0. The molecule has 26 heavy (non-hydrogen) atoms. The van der Waals surface area contributed by atoms with Crippen LogP contribution in [0.4, 0.5) is 5.69 Å². The fourth-order valence-electron chi connectivity index (χ4n) is 3.01. The summed E-state index contributed by atoms with van der Waals surface area (Å²) in [6.45, 7) is 1.03. The molecule has 0 aliphatic carbocycles. The number of rotatable bonds is 5. The van der Waals surface area contributed by atoms with Gasteiger partial charge in [0.15, 0.2) is 10.3 Å². The molecule has 0 aliphatic heterocycles. The highest BCUT2D eigenvalue weighted by Gasteiger charge is 2.19. The Morgan fingerprint density at radius 3 is 3.00 bits per heavy atom. The number of amides is 1. The molecule has 3 aromatic heterocycles. The number of benzene rings is 1. The number of methoxy groups -OCH3 is 1. The molecule has 0 spiro atoms. The molecule has 0 unspecified atom stereocenters. The first-order chi connectivity index (χ1) is 12.7. The van der Waals surface area contributed by atoms with Crippen LogP contribution in [0.1, 0.15) is 10.5 Å². The number of pyridine rings is 1. The monoisotopic (exact) mass is 413 g/mol. The minimum atomic E-state index is -0.221. The number of halogens is 1. The van der Waals surface area contributed by atoms with Gasteiger partial charge in [-0.2, -0.15) is 0 Å². The minimum Gasteiger partial charge on any atom is -0.448 e. The van der Waals surface area contributed by atoms with E-state index in [2.05, 4.69) is 26.2 Å². The van der Waals surface area contributed by atoms with Crippen molar-refractivity contribution < 1.29 is 13.9 Å². The predicted octanol–water partition coefficient (Wildman–Crippen LogP) is 4.44. The van der Waals surface area contributed by atoms with Crippen LogP contribution >= 0.6 is 15.9 Å². The fourth-order valence-corrected chi connectivity index (χ4v) is 3.41. The maximum atomic E-state index is 12.9. The van der Waals surface area contributed by atoms with Gasteiger partial charge in [-0.1, -0.05) is 18.2 Å². The average Bonchev–Trinajstić information content (AvgIpc) is 3.16. The predicted molar refractivity (Wildman–Crippen MR) is 103 cm³/mol. The molecule has 0 atom stereocenters.